The first-order valence-corrected chi connectivity index (χ1v) is 9.08. The van der Waals surface area contributed by atoms with Crippen molar-refractivity contribution in [1.82, 2.24) is 9.97 Å². The molecular weight excluding hydrogens is 345 g/mol. The molecule has 138 valence electrons. The molecule has 1 aromatic carbocycles. The van der Waals surface area contributed by atoms with Crippen LogP contribution in [0, 0.1) is 29.0 Å². The molecule has 2 aromatic rings. The number of aromatic nitrogens is 2. The lowest BCUT2D eigenvalue weighted by atomic mass is 9.80. The van der Waals surface area contributed by atoms with Crippen molar-refractivity contribution in [3.63, 3.8) is 0 Å². The number of benzene rings is 1. The fraction of sp³-hybridized carbons (Fsp3) is 0.400. The van der Waals surface area contributed by atoms with Crippen LogP contribution in [0.2, 0.25) is 0 Å². The summed E-state index contributed by atoms with van der Waals surface area (Å²) < 4.78 is 14.1. The SMILES string of the molecule is CC(=O)N1c2ccc(F)cc2[C@H](Nc2nccnc2C#N)[C@@H](C)[C@H]1C1CC1. The third-order valence-electron chi connectivity index (χ3n) is 5.49. The molecule has 7 heteroatoms. The van der Waals surface area contributed by atoms with Crippen LogP contribution in [0.3, 0.4) is 0 Å². The normalized spacial score (nSPS) is 24.1. The van der Waals surface area contributed by atoms with Gasteiger partial charge in [-0.15, -0.1) is 0 Å². The Kier molecular flexibility index (Phi) is 4.27. The maximum absolute atomic E-state index is 14.1. The van der Waals surface area contributed by atoms with E-state index in [0.717, 1.165) is 18.5 Å². The smallest absolute Gasteiger partial charge is 0.224 e. The van der Waals surface area contributed by atoms with Gasteiger partial charge in [0.15, 0.2) is 11.5 Å². The van der Waals surface area contributed by atoms with Crippen molar-refractivity contribution in [3.8, 4) is 6.07 Å². The second-order valence-corrected chi connectivity index (χ2v) is 7.27. The van der Waals surface area contributed by atoms with Gasteiger partial charge >= 0.3 is 0 Å². The Labute approximate surface area is 157 Å². The summed E-state index contributed by atoms with van der Waals surface area (Å²) >= 11 is 0. The summed E-state index contributed by atoms with van der Waals surface area (Å²) in [4.78, 5) is 22.6. The molecule has 4 rings (SSSR count). The van der Waals surface area contributed by atoms with E-state index in [-0.39, 0.29) is 35.4 Å². The van der Waals surface area contributed by atoms with E-state index in [1.165, 1.54) is 24.5 Å². The fourth-order valence-corrected chi connectivity index (χ4v) is 4.21. The summed E-state index contributed by atoms with van der Waals surface area (Å²) in [6, 6.07) is 6.30. The molecule has 3 atom stereocenters. The van der Waals surface area contributed by atoms with Gasteiger partial charge in [0.2, 0.25) is 5.91 Å². The van der Waals surface area contributed by atoms with Gasteiger partial charge in [-0.1, -0.05) is 6.92 Å². The highest BCUT2D eigenvalue weighted by Crippen LogP contribution is 2.50. The standard InChI is InChI=1S/C20H20FN5O/c1-11-18(25-20-16(10-22)23-7-8-24-20)15-9-14(21)5-6-17(15)26(12(2)27)19(11)13-3-4-13/h5-9,11,13,18-19H,3-4H2,1-2H3,(H,24,25)/t11-,18-,19+/m1/s1. The Morgan fingerprint density at radius 2 is 2.07 bits per heavy atom. The first kappa shape index (κ1) is 17.4. The Morgan fingerprint density at radius 3 is 2.74 bits per heavy atom. The zero-order chi connectivity index (χ0) is 19.1. The minimum absolute atomic E-state index is 0.0178. The van der Waals surface area contributed by atoms with E-state index in [4.69, 9.17) is 0 Å². The van der Waals surface area contributed by atoms with Crippen LogP contribution in [-0.4, -0.2) is 21.9 Å². The highest BCUT2D eigenvalue weighted by Gasteiger charge is 2.47. The molecule has 0 unspecified atom stereocenters. The van der Waals surface area contributed by atoms with E-state index >= 15 is 0 Å². The first-order valence-electron chi connectivity index (χ1n) is 9.08. The summed E-state index contributed by atoms with van der Waals surface area (Å²) in [5, 5.41) is 12.6. The minimum Gasteiger partial charge on any atom is -0.360 e. The maximum Gasteiger partial charge on any atom is 0.224 e. The van der Waals surface area contributed by atoms with Crippen molar-refractivity contribution < 1.29 is 9.18 Å². The monoisotopic (exact) mass is 365 g/mol. The Hall–Kier alpha value is -3.01. The van der Waals surface area contributed by atoms with Crippen LogP contribution in [0.1, 0.15) is 44.0 Å². The van der Waals surface area contributed by atoms with Crippen LogP contribution < -0.4 is 10.2 Å². The summed E-state index contributed by atoms with van der Waals surface area (Å²) in [6.45, 7) is 3.62. The lowest BCUT2D eigenvalue weighted by Gasteiger charge is -2.45. The Morgan fingerprint density at radius 1 is 1.33 bits per heavy atom. The van der Waals surface area contributed by atoms with Gasteiger partial charge in [-0.2, -0.15) is 5.26 Å². The Balaban J connectivity index is 1.83. The number of carbonyl (C=O) groups is 1. The number of amides is 1. The fourth-order valence-electron chi connectivity index (χ4n) is 4.21. The summed E-state index contributed by atoms with van der Waals surface area (Å²) in [5.74, 6) is 0.425. The number of rotatable bonds is 3. The zero-order valence-electron chi connectivity index (χ0n) is 15.2. The van der Waals surface area contributed by atoms with E-state index in [1.807, 2.05) is 11.0 Å². The molecule has 0 radical (unpaired) electrons. The molecule has 1 aliphatic heterocycles. The van der Waals surface area contributed by atoms with E-state index in [9.17, 15) is 14.4 Å². The Bertz CT molecular complexity index is 936. The summed E-state index contributed by atoms with van der Waals surface area (Å²) in [7, 11) is 0. The van der Waals surface area contributed by atoms with Gasteiger partial charge < -0.3 is 10.2 Å². The highest BCUT2D eigenvalue weighted by molar-refractivity contribution is 5.94. The van der Waals surface area contributed by atoms with E-state index in [1.54, 1.807) is 13.0 Å². The van der Waals surface area contributed by atoms with E-state index in [0.29, 0.717) is 17.3 Å². The predicted molar refractivity (Wildman–Crippen MR) is 98.3 cm³/mol. The van der Waals surface area contributed by atoms with Gasteiger partial charge in [0.1, 0.15) is 11.9 Å². The molecule has 2 aliphatic rings. The number of nitrogens with zero attached hydrogens (tertiary/aromatic N) is 4. The summed E-state index contributed by atoms with van der Waals surface area (Å²) in [5.41, 5.74) is 1.61. The zero-order valence-corrected chi connectivity index (χ0v) is 15.2. The first-order chi connectivity index (χ1) is 13.0. The van der Waals surface area contributed by atoms with Gasteiger partial charge in [0, 0.05) is 42.5 Å². The third-order valence-corrected chi connectivity index (χ3v) is 5.49. The largest absolute Gasteiger partial charge is 0.360 e. The van der Waals surface area contributed by atoms with Crippen molar-refractivity contribution >= 4 is 17.4 Å². The van der Waals surface area contributed by atoms with Crippen LogP contribution >= 0.6 is 0 Å². The van der Waals surface area contributed by atoms with Gasteiger partial charge in [0.25, 0.3) is 0 Å². The van der Waals surface area contributed by atoms with Crippen molar-refractivity contribution in [2.75, 3.05) is 10.2 Å². The van der Waals surface area contributed by atoms with Gasteiger partial charge in [0.05, 0.1) is 6.04 Å². The van der Waals surface area contributed by atoms with Crippen molar-refractivity contribution in [3.05, 3.63) is 47.7 Å². The topological polar surface area (TPSA) is 81.9 Å². The van der Waals surface area contributed by atoms with Crippen molar-refractivity contribution in [2.45, 2.75) is 38.8 Å². The minimum atomic E-state index is -0.360. The molecule has 1 aliphatic carbocycles. The molecule has 0 spiro atoms. The molecule has 1 saturated carbocycles. The third kappa shape index (κ3) is 3.01. The molecule has 1 aromatic heterocycles. The van der Waals surface area contributed by atoms with E-state index in [2.05, 4.69) is 22.2 Å². The number of nitriles is 1. The molecule has 6 nitrogen and oxygen atoms in total. The molecule has 27 heavy (non-hydrogen) atoms. The molecule has 1 N–H and O–H groups in total. The van der Waals surface area contributed by atoms with Crippen LogP contribution in [0.5, 0.6) is 0 Å². The molecule has 1 fully saturated rings. The number of hydrogen-bond donors (Lipinski definition) is 1. The molecule has 1 amide bonds. The number of fused-ring (bicyclic) bond motifs is 1. The number of nitrogens with one attached hydrogen (secondary N) is 1. The highest BCUT2D eigenvalue weighted by atomic mass is 19.1. The maximum atomic E-state index is 14.1. The number of anilines is 2. The second-order valence-electron chi connectivity index (χ2n) is 7.27. The quantitative estimate of drug-likeness (QED) is 0.901. The predicted octanol–water partition coefficient (Wildman–Crippen LogP) is 3.42. The number of carbonyl (C=O) groups excluding carboxylic acids is 1. The van der Waals surface area contributed by atoms with Crippen LogP contribution in [0.15, 0.2) is 30.6 Å². The number of halogens is 1. The lowest BCUT2D eigenvalue weighted by Crippen LogP contribution is -2.51. The average molecular weight is 365 g/mol. The van der Waals surface area contributed by atoms with Gasteiger partial charge in [-0.05, 0) is 37.0 Å². The van der Waals surface area contributed by atoms with Crippen LogP contribution in [0.25, 0.3) is 0 Å². The van der Waals surface area contributed by atoms with Crippen LogP contribution in [-0.2, 0) is 4.79 Å². The van der Waals surface area contributed by atoms with Crippen molar-refractivity contribution in [2.24, 2.45) is 11.8 Å². The van der Waals surface area contributed by atoms with Gasteiger partial charge in [-0.3, -0.25) is 4.79 Å². The molecule has 2 heterocycles. The summed E-state index contributed by atoms with van der Waals surface area (Å²) in [6.07, 6.45) is 5.14. The van der Waals surface area contributed by atoms with Crippen molar-refractivity contribution in [1.29, 1.82) is 5.26 Å². The average Bonchev–Trinajstić information content (AvgIpc) is 3.48. The molecular formula is C20H20FN5O. The number of hydrogen-bond acceptors (Lipinski definition) is 5. The van der Waals surface area contributed by atoms with Crippen LogP contribution in [0.4, 0.5) is 15.9 Å². The molecule has 0 saturated heterocycles. The second kappa shape index (κ2) is 6.62. The van der Waals surface area contributed by atoms with E-state index < -0.39 is 0 Å². The van der Waals surface area contributed by atoms with Gasteiger partial charge in [-0.25, -0.2) is 14.4 Å². The lowest BCUT2D eigenvalue weighted by molar-refractivity contribution is -0.117. The molecule has 0 bridgehead atoms.